The number of aromatic hydroxyl groups is 1. The third kappa shape index (κ3) is 3.41. The van der Waals surface area contributed by atoms with Gasteiger partial charge in [-0.15, -0.1) is 0 Å². The highest BCUT2D eigenvalue weighted by atomic mass is 16.5. The van der Waals surface area contributed by atoms with Gasteiger partial charge in [-0.2, -0.15) is 0 Å². The fourth-order valence-electron chi connectivity index (χ4n) is 4.27. The summed E-state index contributed by atoms with van der Waals surface area (Å²) in [4.78, 5) is 20.2. The van der Waals surface area contributed by atoms with Gasteiger partial charge in [-0.1, -0.05) is 6.92 Å². The molecule has 4 rings (SSSR count). The number of fused-ring (bicyclic) bond motifs is 2. The van der Waals surface area contributed by atoms with Crippen molar-refractivity contribution in [1.29, 1.82) is 0 Å². The van der Waals surface area contributed by atoms with Gasteiger partial charge in [0.15, 0.2) is 28.7 Å². The first-order valence-corrected chi connectivity index (χ1v) is 10.2. The Morgan fingerprint density at radius 2 is 1.47 bits per heavy atom. The number of hydrogen-bond donors (Lipinski definition) is 2. The average Bonchev–Trinajstić information content (AvgIpc) is 2.83. The van der Waals surface area contributed by atoms with Crippen molar-refractivity contribution in [3.63, 3.8) is 0 Å². The lowest BCUT2D eigenvalue weighted by molar-refractivity contribution is 0.354. The topological polar surface area (TPSA) is 102 Å². The van der Waals surface area contributed by atoms with Gasteiger partial charge in [-0.05, 0) is 36.2 Å². The Labute approximate surface area is 185 Å². The van der Waals surface area contributed by atoms with Crippen LogP contribution in [0.15, 0.2) is 34.1 Å². The molecule has 8 heteroatoms. The van der Waals surface area contributed by atoms with Crippen LogP contribution < -0.4 is 24.5 Å². The van der Waals surface area contributed by atoms with Gasteiger partial charge < -0.3 is 29.0 Å². The van der Waals surface area contributed by atoms with Crippen LogP contribution >= 0.6 is 0 Å². The van der Waals surface area contributed by atoms with Gasteiger partial charge in [0, 0.05) is 34.5 Å². The van der Waals surface area contributed by atoms with E-state index in [1.807, 2.05) is 19.1 Å². The molecule has 168 valence electrons. The van der Waals surface area contributed by atoms with Crippen molar-refractivity contribution in [2.24, 2.45) is 4.99 Å². The zero-order chi connectivity index (χ0) is 23.0. The van der Waals surface area contributed by atoms with Gasteiger partial charge in [0.25, 0.3) is 5.56 Å². The fourth-order valence-corrected chi connectivity index (χ4v) is 4.27. The quantitative estimate of drug-likeness (QED) is 0.611. The van der Waals surface area contributed by atoms with Gasteiger partial charge in [0.1, 0.15) is 0 Å². The van der Waals surface area contributed by atoms with E-state index in [9.17, 15) is 9.90 Å². The third-order valence-electron chi connectivity index (χ3n) is 5.92. The number of ether oxygens (including phenoxy) is 4. The molecule has 2 N–H and O–H groups in total. The molecule has 0 saturated carbocycles. The normalized spacial score (nSPS) is 13.8. The molecule has 2 heterocycles. The Balaban J connectivity index is 1.92. The lowest BCUT2D eigenvalue weighted by atomic mass is 9.87. The molecular formula is C24H26N2O6. The van der Waals surface area contributed by atoms with E-state index >= 15 is 0 Å². The SMILES string of the molecule is COc1cc2c(cc1OC)C(C(C)c1[nH]c(=O)c(O)c3cc(OC)c(OC)cc13)=NCC2. The maximum absolute atomic E-state index is 12.6. The van der Waals surface area contributed by atoms with Gasteiger partial charge in [-0.3, -0.25) is 9.79 Å². The first kappa shape index (κ1) is 21.5. The number of pyridine rings is 1. The van der Waals surface area contributed by atoms with Crippen LogP contribution in [0.5, 0.6) is 28.7 Å². The number of aromatic amines is 1. The van der Waals surface area contributed by atoms with E-state index in [-0.39, 0.29) is 11.7 Å². The van der Waals surface area contributed by atoms with Crippen LogP contribution in [0, 0.1) is 0 Å². The van der Waals surface area contributed by atoms with Crippen LogP contribution in [0.4, 0.5) is 0 Å². The molecule has 0 aliphatic carbocycles. The Kier molecular flexibility index (Phi) is 5.69. The van der Waals surface area contributed by atoms with E-state index in [1.54, 1.807) is 33.5 Å². The predicted octanol–water partition coefficient (Wildman–Crippen LogP) is 3.42. The summed E-state index contributed by atoms with van der Waals surface area (Å²) in [6.45, 7) is 2.60. The molecule has 1 unspecified atom stereocenters. The molecule has 3 aromatic rings. The monoisotopic (exact) mass is 438 g/mol. The van der Waals surface area contributed by atoms with Crippen molar-refractivity contribution in [3.05, 3.63) is 51.4 Å². The number of aliphatic imine (C=N–C) groups is 1. The molecule has 0 bridgehead atoms. The van der Waals surface area contributed by atoms with Crippen LogP contribution in [0.1, 0.15) is 29.7 Å². The number of hydrogen-bond acceptors (Lipinski definition) is 7. The summed E-state index contributed by atoms with van der Waals surface area (Å²) in [6.07, 6.45) is 0.782. The first-order chi connectivity index (χ1) is 15.4. The summed E-state index contributed by atoms with van der Waals surface area (Å²) in [5, 5.41) is 11.5. The molecule has 0 spiro atoms. The van der Waals surface area contributed by atoms with E-state index in [1.165, 1.54) is 7.11 Å². The highest BCUT2D eigenvalue weighted by molar-refractivity contribution is 6.09. The van der Waals surface area contributed by atoms with Crippen molar-refractivity contribution < 1.29 is 24.1 Å². The van der Waals surface area contributed by atoms with Crippen LogP contribution in [0.3, 0.4) is 0 Å². The van der Waals surface area contributed by atoms with Crippen molar-refractivity contribution in [2.45, 2.75) is 19.3 Å². The first-order valence-electron chi connectivity index (χ1n) is 10.2. The largest absolute Gasteiger partial charge is 0.503 e. The average molecular weight is 438 g/mol. The number of nitrogens with zero attached hydrogens (tertiary/aromatic N) is 1. The number of H-pyrrole nitrogens is 1. The standard InChI is InChI=1S/C24H26N2O6/c1-12(21-14-9-18(30-3)17(29-2)8-13(14)6-7-25-21)22-15-10-19(31-4)20(32-5)11-16(15)23(27)24(28)26-22/h8-12,27H,6-7H2,1-5H3,(H,26,28). The maximum atomic E-state index is 12.6. The minimum atomic E-state index is -0.574. The summed E-state index contributed by atoms with van der Waals surface area (Å²) in [5.74, 6) is 1.56. The lowest BCUT2D eigenvalue weighted by Crippen LogP contribution is -2.22. The predicted molar refractivity (Wildman–Crippen MR) is 122 cm³/mol. The van der Waals surface area contributed by atoms with E-state index in [0.717, 1.165) is 23.3 Å². The molecular weight excluding hydrogens is 412 g/mol. The molecule has 8 nitrogen and oxygen atoms in total. The van der Waals surface area contributed by atoms with Gasteiger partial charge in [0.2, 0.25) is 0 Å². The molecule has 0 saturated heterocycles. The molecule has 32 heavy (non-hydrogen) atoms. The summed E-state index contributed by atoms with van der Waals surface area (Å²) in [5.41, 5.74) is 2.93. The fraction of sp³-hybridized carbons (Fsp3) is 0.333. The highest BCUT2D eigenvalue weighted by Crippen LogP contribution is 2.40. The number of rotatable bonds is 6. The van der Waals surface area contributed by atoms with E-state index in [0.29, 0.717) is 46.0 Å². The van der Waals surface area contributed by atoms with E-state index in [4.69, 9.17) is 23.9 Å². The Bertz CT molecular complexity index is 1280. The van der Waals surface area contributed by atoms with Crippen molar-refractivity contribution in [3.8, 4) is 28.7 Å². The van der Waals surface area contributed by atoms with Crippen LogP contribution in [0.25, 0.3) is 10.8 Å². The van der Waals surface area contributed by atoms with Crippen molar-refractivity contribution >= 4 is 16.5 Å². The summed E-state index contributed by atoms with van der Waals surface area (Å²) in [6, 6.07) is 7.27. The van der Waals surface area contributed by atoms with Crippen LogP contribution in [0.2, 0.25) is 0 Å². The maximum Gasteiger partial charge on any atom is 0.290 e. The van der Waals surface area contributed by atoms with Gasteiger partial charge in [-0.25, -0.2) is 0 Å². The van der Waals surface area contributed by atoms with Crippen molar-refractivity contribution in [1.82, 2.24) is 4.98 Å². The number of aromatic nitrogens is 1. The van der Waals surface area contributed by atoms with E-state index < -0.39 is 5.56 Å². The zero-order valence-electron chi connectivity index (χ0n) is 18.7. The second-order valence-corrected chi connectivity index (χ2v) is 7.57. The zero-order valence-corrected chi connectivity index (χ0v) is 18.7. The Morgan fingerprint density at radius 1 is 0.906 bits per heavy atom. The molecule has 1 aromatic heterocycles. The lowest BCUT2D eigenvalue weighted by Gasteiger charge is -2.24. The number of nitrogens with one attached hydrogen (secondary N) is 1. The third-order valence-corrected chi connectivity index (χ3v) is 5.92. The van der Waals surface area contributed by atoms with Crippen molar-refractivity contribution in [2.75, 3.05) is 35.0 Å². The van der Waals surface area contributed by atoms with Gasteiger partial charge in [0.05, 0.1) is 34.2 Å². The Morgan fingerprint density at radius 3 is 2.09 bits per heavy atom. The van der Waals surface area contributed by atoms with Crippen LogP contribution in [-0.2, 0) is 6.42 Å². The molecule has 1 aliphatic heterocycles. The van der Waals surface area contributed by atoms with Crippen LogP contribution in [-0.4, -0.2) is 50.8 Å². The minimum absolute atomic E-state index is 0.277. The molecule has 0 amide bonds. The highest BCUT2D eigenvalue weighted by Gasteiger charge is 2.26. The molecule has 1 atom stereocenters. The molecule has 2 aromatic carbocycles. The summed E-state index contributed by atoms with van der Waals surface area (Å²) in [7, 11) is 6.25. The second kappa shape index (κ2) is 8.45. The molecule has 0 radical (unpaired) electrons. The summed E-state index contributed by atoms with van der Waals surface area (Å²) >= 11 is 0. The Hall–Kier alpha value is -3.68. The van der Waals surface area contributed by atoms with E-state index in [2.05, 4.69) is 4.98 Å². The minimum Gasteiger partial charge on any atom is -0.503 e. The number of benzene rings is 2. The van der Waals surface area contributed by atoms with Gasteiger partial charge >= 0.3 is 0 Å². The second-order valence-electron chi connectivity index (χ2n) is 7.57. The summed E-state index contributed by atoms with van der Waals surface area (Å²) < 4.78 is 21.7. The molecule has 0 fully saturated rings. The molecule has 1 aliphatic rings. The number of methoxy groups -OCH3 is 4. The smallest absolute Gasteiger partial charge is 0.290 e.